The Labute approximate surface area is 341 Å². The number of nitrogens with two attached hydrogens (primary N) is 3. The number of carbonyl (C=O) groups is 3. The van der Waals surface area contributed by atoms with Crippen LogP contribution in [0.3, 0.4) is 0 Å². The molecule has 314 valence electrons. The summed E-state index contributed by atoms with van der Waals surface area (Å²) >= 11 is 0. The third kappa shape index (κ3) is 8.25. The number of rotatable bonds is 10. The van der Waals surface area contributed by atoms with E-state index in [-0.39, 0.29) is 96.9 Å². The van der Waals surface area contributed by atoms with Crippen molar-refractivity contribution in [2.75, 3.05) is 51.4 Å². The van der Waals surface area contributed by atoms with Gasteiger partial charge in [-0.1, -0.05) is 39.3 Å². The van der Waals surface area contributed by atoms with Gasteiger partial charge >= 0.3 is 11.9 Å². The molecule has 12 nitrogen and oxygen atoms in total. The number of hydrogen-bond acceptors (Lipinski definition) is 11. The van der Waals surface area contributed by atoms with Crippen molar-refractivity contribution >= 4 is 39.4 Å². The summed E-state index contributed by atoms with van der Waals surface area (Å²) in [6.45, 7) is 8.40. The third-order valence-corrected chi connectivity index (χ3v) is 17.4. The highest BCUT2D eigenvalue weighted by Crippen LogP contribution is 2.62. The lowest BCUT2D eigenvalue weighted by molar-refractivity contribution is -0.706. The third-order valence-electron chi connectivity index (χ3n) is 15.0. The molecule has 0 aromatic rings. The zero-order valence-corrected chi connectivity index (χ0v) is 35.6. The molecule has 0 aromatic carbocycles. The first-order chi connectivity index (χ1) is 26.9. The molecule has 7 aliphatic rings. The van der Waals surface area contributed by atoms with E-state index in [0.717, 1.165) is 50.4 Å². The van der Waals surface area contributed by atoms with Crippen LogP contribution in [0.15, 0.2) is 23.3 Å². The van der Waals surface area contributed by atoms with Crippen molar-refractivity contribution in [2.45, 2.75) is 121 Å². The molecular weight excluding hydrogens is 753 g/mol. The van der Waals surface area contributed by atoms with Crippen LogP contribution in [-0.2, 0) is 28.6 Å². The van der Waals surface area contributed by atoms with Crippen LogP contribution in [0.2, 0.25) is 0 Å². The predicted octanol–water partition coefficient (Wildman–Crippen LogP) is 1.75. The van der Waals surface area contributed by atoms with Crippen LogP contribution in [-0.4, -0.2) is 120 Å². The Morgan fingerprint density at radius 2 is 2.00 bits per heavy atom. The van der Waals surface area contributed by atoms with Gasteiger partial charge in [-0.25, -0.2) is 4.79 Å². The predicted molar refractivity (Wildman–Crippen MR) is 216 cm³/mol. The number of nitrogens with zero attached hydrogens (tertiary/aromatic N) is 1. The molecule has 0 radical (unpaired) electrons. The van der Waals surface area contributed by atoms with Crippen LogP contribution in [0.4, 0.5) is 0 Å². The number of carbonyl (C=O) groups excluding carboxylic acids is 3. The molecule has 14 heteroatoms. The fraction of sp³-hybridized carbons (Fsp3) is 0.833. The SMILES string of the molecule is CC=C(C)C(=O)O[C@@]1(C)CC=C2CSSC[C@H]3[C@@H](C[NH2+]C)CN3C(=O)CC3C[NH2+]C(N)CC3[C@H]2[C@@]12CC1CC3CC(C[C@H](CO)CCCO)C(=O)OC3CC1O2. The molecule has 8 N–H and O–H groups in total. The number of piperidine rings is 1. The summed E-state index contributed by atoms with van der Waals surface area (Å²) in [6.07, 6.45) is 10.1. The zero-order chi connectivity index (χ0) is 39.8. The standard InChI is InChI=1S/C42H66N4O8S2/c1-5-24(2)39(50)54-41(3)9-8-26-22-55-56-23-33-31(18-44-4)20-46(33)37(49)14-30-19-45-36(43)15-32(30)38(26)42(41)17-29-13-27-12-28(11-25(21-48)7-6-10-47)40(51)52-34(27)16-35(29)53-42/h5,8,25,27-36,38,44-45,47-48H,6-7,9-23,43H2,1-4H3/p+2/t25-,27?,28?,29?,30?,31+,32?,33+,34?,35?,36?,38+,41+,42+/m1/s1. The monoisotopic (exact) mass is 820 g/mol. The average molecular weight is 821 g/mol. The van der Waals surface area contributed by atoms with Crippen LogP contribution < -0.4 is 16.4 Å². The van der Waals surface area contributed by atoms with Crippen LogP contribution in [0.5, 0.6) is 0 Å². The van der Waals surface area contributed by atoms with Gasteiger partial charge in [0.1, 0.15) is 23.5 Å². The second kappa shape index (κ2) is 17.9. The Hall–Kier alpha value is -1.65. The smallest absolute Gasteiger partial charge is 0.334 e. The van der Waals surface area contributed by atoms with E-state index in [4.69, 9.17) is 19.9 Å². The number of amides is 1. The maximum atomic E-state index is 14.2. The van der Waals surface area contributed by atoms with Gasteiger partial charge in [0.25, 0.3) is 0 Å². The first-order valence-electron chi connectivity index (χ1n) is 21.5. The number of quaternary nitrogens is 2. The molecular formula is C42H68N4O8S2+2. The minimum Gasteiger partial charge on any atom is -0.462 e. The maximum Gasteiger partial charge on any atom is 0.334 e. The molecule has 6 fully saturated rings. The van der Waals surface area contributed by atoms with E-state index in [9.17, 15) is 24.6 Å². The quantitative estimate of drug-likeness (QED) is 0.0938. The summed E-state index contributed by atoms with van der Waals surface area (Å²) in [6, 6.07) is 0.262. The van der Waals surface area contributed by atoms with Gasteiger partial charge in [0.15, 0.2) is 0 Å². The Balaban J connectivity index is 1.22. The van der Waals surface area contributed by atoms with Crippen molar-refractivity contribution in [3.8, 4) is 0 Å². The van der Waals surface area contributed by atoms with Gasteiger partial charge in [-0.3, -0.25) is 15.3 Å². The summed E-state index contributed by atoms with van der Waals surface area (Å²) in [5.41, 5.74) is 6.86. The van der Waals surface area contributed by atoms with Gasteiger partial charge in [-0.05, 0) is 83.0 Å². The minimum absolute atomic E-state index is 0.0110. The van der Waals surface area contributed by atoms with Crippen molar-refractivity contribution in [1.29, 1.82) is 0 Å². The highest BCUT2D eigenvalue weighted by molar-refractivity contribution is 8.76. The van der Waals surface area contributed by atoms with E-state index in [1.165, 1.54) is 5.57 Å². The molecule has 14 atom stereocenters. The molecule has 5 heterocycles. The van der Waals surface area contributed by atoms with E-state index in [0.29, 0.717) is 56.4 Å². The maximum absolute atomic E-state index is 14.2. The second-order valence-electron chi connectivity index (χ2n) is 18.4. The van der Waals surface area contributed by atoms with Crippen LogP contribution in [0.1, 0.15) is 85.0 Å². The van der Waals surface area contributed by atoms with E-state index in [2.05, 4.69) is 35.6 Å². The van der Waals surface area contributed by atoms with Crippen molar-refractivity contribution in [3.05, 3.63) is 23.3 Å². The number of aliphatic hydroxyl groups is 2. The number of allylic oxidation sites excluding steroid dienone is 1. The van der Waals surface area contributed by atoms with Gasteiger partial charge in [0, 0.05) is 80.3 Å². The number of ether oxygens (including phenoxy) is 3. The lowest BCUT2D eigenvalue weighted by Gasteiger charge is -2.56. The molecule has 5 aliphatic heterocycles. The van der Waals surface area contributed by atoms with E-state index in [1.807, 2.05) is 28.5 Å². The summed E-state index contributed by atoms with van der Waals surface area (Å²) in [7, 11) is 5.85. The lowest BCUT2D eigenvalue weighted by atomic mass is 9.56. The largest absolute Gasteiger partial charge is 0.462 e. The van der Waals surface area contributed by atoms with Gasteiger partial charge in [0.05, 0.1) is 38.2 Å². The molecule has 56 heavy (non-hydrogen) atoms. The topological polar surface area (TPSA) is 182 Å². The van der Waals surface area contributed by atoms with Crippen molar-refractivity contribution in [1.82, 2.24) is 4.90 Å². The molecule has 1 amide bonds. The van der Waals surface area contributed by atoms with E-state index in [1.54, 1.807) is 13.0 Å². The lowest BCUT2D eigenvalue weighted by Crippen LogP contribution is -2.96. The number of esters is 2. The van der Waals surface area contributed by atoms with Gasteiger partial charge < -0.3 is 40.0 Å². The molecule has 1 saturated carbocycles. The Morgan fingerprint density at radius 1 is 1.18 bits per heavy atom. The van der Waals surface area contributed by atoms with E-state index >= 15 is 0 Å². The summed E-state index contributed by atoms with van der Waals surface area (Å²) in [5.74, 6) is 2.01. The van der Waals surface area contributed by atoms with Gasteiger partial charge in [-0.15, -0.1) is 0 Å². The Kier molecular flexibility index (Phi) is 13.6. The average Bonchev–Trinajstić information content (AvgIpc) is 3.54. The minimum atomic E-state index is -0.980. The van der Waals surface area contributed by atoms with Crippen molar-refractivity contribution in [3.63, 3.8) is 0 Å². The molecule has 7 rings (SSSR count). The molecule has 0 aromatic heterocycles. The summed E-state index contributed by atoms with van der Waals surface area (Å²) in [4.78, 5) is 43.6. The van der Waals surface area contributed by atoms with Crippen molar-refractivity contribution < 1.29 is 49.4 Å². The fourth-order valence-electron chi connectivity index (χ4n) is 11.8. The number of hydrogen-bond donors (Lipinski definition) is 5. The van der Waals surface area contributed by atoms with Gasteiger partial charge in [0.2, 0.25) is 5.91 Å². The number of fused-ring (bicyclic) bond motifs is 7. The first-order valence-corrected chi connectivity index (χ1v) is 24.0. The van der Waals surface area contributed by atoms with Crippen LogP contribution in [0.25, 0.3) is 0 Å². The molecule has 5 saturated heterocycles. The normalized spacial score (nSPS) is 42.0. The zero-order valence-electron chi connectivity index (χ0n) is 33.9. The molecule has 2 aliphatic carbocycles. The van der Waals surface area contributed by atoms with Crippen LogP contribution in [0, 0.1) is 47.3 Å². The second-order valence-corrected chi connectivity index (χ2v) is 20.9. The summed E-state index contributed by atoms with van der Waals surface area (Å²) in [5, 5.41) is 23.9. The molecule has 1 spiro atoms. The number of aliphatic hydroxyl groups excluding tert-OH is 2. The van der Waals surface area contributed by atoms with E-state index < -0.39 is 11.2 Å². The Morgan fingerprint density at radius 3 is 2.75 bits per heavy atom. The highest BCUT2D eigenvalue weighted by atomic mass is 33.1. The fourth-order valence-corrected chi connectivity index (χ4v) is 14.4. The molecule has 0 bridgehead atoms. The molecule has 8 unspecified atom stereocenters. The van der Waals surface area contributed by atoms with Crippen LogP contribution >= 0.6 is 21.6 Å². The Bertz CT molecular complexity index is 1520. The van der Waals surface area contributed by atoms with Gasteiger partial charge in [-0.2, -0.15) is 0 Å². The summed E-state index contributed by atoms with van der Waals surface area (Å²) < 4.78 is 20.5. The first kappa shape index (κ1) is 42.5. The van der Waals surface area contributed by atoms with Crippen molar-refractivity contribution in [2.24, 2.45) is 53.1 Å². The highest BCUT2D eigenvalue weighted by Gasteiger charge is 2.68.